The summed E-state index contributed by atoms with van der Waals surface area (Å²) in [5, 5.41) is 13.8. The topological polar surface area (TPSA) is 81.0 Å². The first kappa shape index (κ1) is 13.6. The molecule has 0 aliphatic heterocycles. The maximum absolute atomic E-state index is 10.9. The highest BCUT2D eigenvalue weighted by atomic mass is 35.5. The van der Waals surface area contributed by atoms with Crippen LogP contribution in [-0.2, 0) is 0 Å². The molecular weight excluding hydrogens is 244 g/mol. The number of rotatable bonds is 5. The molecule has 17 heavy (non-hydrogen) atoms. The van der Waals surface area contributed by atoms with Gasteiger partial charge in [0.1, 0.15) is 6.33 Å². The molecule has 1 heterocycles. The second-order valence-electron chi connectivity index (χ2n) is 4.02. The Balaban J connectivity index is 3.05. The molecule has 0 aliphatic carbocycles. The van der Waals surface area contributed by atoms with Gasteiger partial charge >= 0.3 is 5.69 Å². The van der Waals surface area contributed by atoms with E-state index >= 15 is 0 Å². The molecule has 0 aliphatic rings. The number of nitrogens with zero attached hydrogens (tertiary/aromatic N) is 3. The average Bonchev–Trinajstić information content (AvgIpc) is 2.24. The molecule has 0 saturated carbocycles. The van der Waals surface area contributed by atoms with Crippen LogP contribution in [0.1, 0.15) is 27.2 Å². The summed E-state index contributed by atoms with van der Waals surface area (Å²) in [6.07, 6.45) is 2.06. The molecule has 1 unspecified atom stereocenters. The minimum absolute atomic E-state index is 0.111. The van der Waals surface area contributed by atoms with Crippen molar-refractivity contribution in [3.63, 3.8) is 0 Å². The summed E-state index contributed by atoms with van der Waals surface area (Å²) >= 11 is 5.70. The molecule has 1 N–H and O–H groups in total. The van der Waals surface area contributed by atoms with Crippen molar-refractivity contribution in [1.29, 1.82) is 0 Å². The lowest BCUT2D eigenvalue weighted by Gasteiger charge is -2.20. The van der Waals surface area contributed by atoms with Crippen LogP contribution in [0.4, 0.5) is 11.5 Å². The molecule has 94 valence electrons. The molecule has 0 fully saturated rings. The van der Waals surface area contributed by atoms with E-state index in [1.54, 1.807) is 0 Å². The van der Waals surface area contributed by atoms with Gasteiger partial charge < -0.3 is 5.32 Å². The van der Waals surface area contributed by atoms with Crippen LogP contribution in [0, 0.1) is 16.0 Å². The lowest BCUT2D eigenvalue weighted by molar-refractivity contribution is -0.384. The smallest absolute Gasteiger partial charge is 0.348 e. The summed E-state index contributed by atoms with van der Waals surface area (Å²) in [6, 6.07) is 0.111. The first-order valence-corrected chi connectivity index (χ1v) is 5.76. The van der Waals surface area contributed by atoms with Crippen molar-refractivity contribution in [3.8, 4) is 0 Å². The molecule has 1 rings (SSSR count). The number of hydrogen-bond donors (Lipinski definition) is 1. The molecule has 1 aromatic rings. The zero-order valence-electron chi connectivity index (χ0n) is 9.98. The summed E-state index contributed by atoms with van der Waals surface area (Å²) < 4.78 is 0. The van der Waals surface area contributed by atoms with Crippen LogP contribution in [0.2, 0.25) is 5.15 Å². The predicted octanol–water partition coefficient (Wildman–Crippen LogP) is 2.88. The van der Waals surface area contributed by atoms with E-state index in [9.17, 15) is 10.1 Å². The van der Waals surface area contributed by atoms with Crippen LogP contribution in [0.3, 0.4) is 0 Å². The van der Waals surface area contributed by atoms with Crippen LogP contribution in [-0.4, -0.2) is 20.9 Å². The highest BCUT2D eigenvalue weighted by Gasteiger charge is 2.23. The van der Waals surface area contributed by atoms with Crippen molar-refractivity contribution in [3.05, 3.63) is 21.6 Å². The van der Waals surface area contributed by atoms with E-state index in [1.165, 1.54) is 6.33 Å². The highest BCUT2D eigenvalue weighted by Crippen LogP contribution is 2.29. The van der Waals surface area contributed by atoms with Crippen molar-refractivity contribution in [1.82, 2.24) is 9.97 Å². The molecular formula is C10H15ClN4O2. The number of anilines is 1. The summed E-state index contributed by atoms with van der Waals surface area (Å²) in [4.78, 5) is 17.8. The van der Waals surface area contributed by atoms with E-state index < -0.39 is 4.92 Å². The third-order valence-electron chi connectivity index (χ3n) is 2.53. The minimum Gasteiger partial charge on any atom is -0.361 e. The summed E-state index contributed by atoms with van der Waals surface area (Å²) in [6.45, 7) is 6.08. The summed E-state index contributed by atoms with van der Waals surface area (Å²) in [7, 11) is 0. The zero-order valence-corrected chi connectivity index (χ0v) is 10.7. The number of hydrogen-bond acceptors (Lipinski definition) is 5. The van der Waals surface area contributed by atoms with Crippen LogP contribution in [0.15, 0.2) is 6.33 Å². The lowest BCUT2D eigenvalue weighted by Crippen LogP contribution is -2.25. The SMILES string of the molecule is CCC(Nc1ncnc(Cl)c1[N+](=O)[O-])C(C)C. The second-order valence-corrected chi connectivity index (χ2v) is 4.38. The molecule has 0 radical (unpaired) electrons. The van der Waals surface area contributed by atoms with Crippen molar-refractivity contribution in [2.24, 2.45) is 5.92 Å². The van der Waals surface area contributed by atoms with E-state index in [1.807, 2.05) is 20.8 Å². The molecule has 0 saturated heterocycles. The molecule has 7 heteroatoms. The van der Waals surface area contributed by atoms with Gasteiger partial charge in [-0.15, -0.1) is 0 Å². The Morgan fingerprint density at radius 3 is 2.65 bits per heavy atom. The van der Waals surface area contributed by atoms with Crippen molar-refractivity contribution < 1.29 is 4.92 Å². The van der Waals surface area contributed by atoms with Gasteiger partial charge in [0.05, 0.1) is 4.92 Å². The fourth-order valence-corrected chi connectivity index (χ4v) is 1.74. The van der Waals surface area contributed by atoms with Crippen LogP contribution >= 0.6 is 11.6 Å². The van der Waals surface area contributed by atoms with Gasteiger partial charge in [0.25, 0.3) is 0 Å². The summed E-state index contributed by atoms with van der Waals surface area (Å²) in [5.41, 5.74) is -0.270. The minimum atomic E-state index is -0.572. The molecule has 0 bridgehead atoms. The van der Waals surface area contributed by atoms with Crippen LogP contribution < -0.4 is 5.32 Å². The largest absolute Gasteiger partial charge is 0.361 e. The third kappa shape index (κ3) is 3.26. The van der Waals surface area contributed by atoms with Crippen LogP contribution in [0.25, 0.3) is 0 Å². The number of halogens is 1. The second kappa shape index (κ2) is 5.77. The van der Waals surface area contributed by atoms with Crippen LogP contribution in [0.5, 0.6) is 0 Å². The van der Waals surface area contributed by atoms with E-state index in [0.717, 1.165) is 6.42 Å². The van der Waals surface area contributed by atoms with Gasteiger partial charge in [-0.05, 0) is 12.3 Å². The number of nitrogens with one attached hydrogen (secondary N) is 1. The van der Waals surface area contributed by atoms with Gasteiger partial charge in [0.15, 0.2) is 0 Å². The normalized spacial score (nSPS) is 12.5. The Morgan fingerprint density at radius 1 is 1.53 bits per heavy atom. The van der Waals surface area contributed by atoms with Gasteiger partial charge in [0.2, 0.25) is 11.0 Å². The maximum Gasteiger partial charge on any atom is 0.348 e. The van der Waals surface area contributed by atoms with Crippen molar-refractivity contribution in [2.45, 2.75) is 33.2 Å². The Labute approximate surface area is 105 Å². The van der Waals surface area contributed by atoms with Gasteiger partial charge in [-0.2, -0.15) is 0 Å². The van der Waals surface area contributed by atoms with Gasteiger partial charge in [0, 0.05) is 6.04 Å². The third-order valence-corrected chi connectivity index (χ3v) is 2.80. The Hall–Kier alpha value is -1.43. The lowest BCUT2D eigenvalue weighted by atomic mass is 10.0. The standard InChI is InChI=1S/C10H15ClN4O2/c1-4-7(6(2)3)14-10-8(15(16)17)9(11)12-5-13-10/h5-7H,4H2,1-3H3,(H,12,13,14). The molecule has 0 spiro atoms. The van der Waals surface area contributed by atoms with Crippen molar-refractivity contribution >= 4 is 23.1 Å². The fourth-order valence-electron chi connectivity index (χ4n) is 1.54. The predicted molar refractivity (Wildman–Crippen MR) is 66.2 cm³/mol. The first-order chi connectivity index (χ1) is 7.97. The van der Waals surface area contributed by atoms with Crippen molar-refractivity contribution in [2.75, 3.05) is 5.32 Å². The Morgan fingerprint density at radius 2 is 2.18 bits per heavy atom. The fraction of sp³-hybridized carbons (Fsp3) is 0.600. The van der Waals surface area contributed by atoms with E-state index in [-0.39, 0.29) is 22.7 Å². The van der Waals surface area contributed by atoms with E-state index in [2.05, 4.69) is 15.3 Å². The van der Waals surface area contributed by atoms with Gasteiger partial charge in [-0.3, -0.25) is 10.1 Å². The molecule has 6 nitrogen and oxygen atoms in total. The Bertz CT molecular complexity index is 411. The molecule has 0 aromatic carbocycles. The quantitative estimate of drug-likeness (QED) is 0.499. The van der Waals surface area contributed by atoms with E-state index in [0.29, 0.717) is 5.92 Å². The first-order valence-electron chi connectivity index (χ1n) is 5.38. The monoisotopic (exact) mass is 258 g/mol. The molecule has 0 amide bonds. The number of aromatic nitrogens is 2. The molecule has 1 atom stereocenters. The maximum atomic E-state index is 10.9. The van der Waals surface area contributed by atoms with Gasteiger partial charge in [-0.1, -0.05) is 32.4 Å². The zero-order chi connectivity index (χ0) is 13.0. The van der Waals surface area contributed by atoms with Gasteiger partial charge in [-0.25, -0.2) is 9.97 Å². The average molecular weight is 259 g/mol. The summed E-state index contributed by atoms with van der Waals surface area (Å²) in [5.74, 6) is 0.517. The number of nitro groups is 1. The highest BCUT2D eigenvalue weighted by molar-refractivity contribution is 6.31. The van der Waals surface area contributed by atoms with E-state index in [4.69, 9.17) is 11.6 Å². The Kier molecular flexibility index (Phi) is 4.62. The molecule has 1 aromatic heterocycles.